The Hall–Kier alpha value is 0.900. The molecule has 0 rings (SSSR count). The summed E-state index contributed by atoms with van der Waals surface area (Å²) in [6.45, 7) is 21.4. The zero-order chi connectivity index (χ0) is 12.7. The molecule has 0 heterocycles. The molecule has 0 N–H and O–H groups in total. The van der Waals surface area contributed by atoms with Crippen LogP contribution in [0, 0.1) is 0 Å². The second kappa shape index (κ2) is 4.29. The Morgan fingerprint density at radius 3 is 0.867 bits per heavy atom. The molecule has 0 aliphatic carbocycles. The monoisotopic (exact) mass is 303 g/mol. The van der Waals surface area contributed by atoms with Gasteiger partial charge in [0.15, 0.2) is 0 Å². The van der Waals surface area contributed by atoms with E-state index in [0.29, 0.717) is 15.1 Å². The van der Waals surface area contributed by atoms with Crippen molar-refractivity contribution in [2.24, 2.45) is 2.54 Å². The van der Waals surface area contributed by atoms with E-state index in [1.165, 1.54) is 24.6 Å². The Morgan fingerprint density at radius 2 is 0.867 bits per heavy atom. The van der Waals surface area contributed by atoms with Gasteiger partial charge in [0.05, 0.1) is 0 Å². The molecule has 0 unspecified atom stereocenters. The van der Waals surface area contributed by atoms with Gasteiger partial charge in [0.2, 0.25) is 0 Å². The molecule has 3 heteroatoms. The molecule has 0 saturated heterocycles. The van der Waals surface area contributed by atoms with Crippen molar-refractivity contribution in [3.63, 3.8) is 0 Å². The van der Waals surface area contributed by atoms with Gasteiger partial charge in [-0.2, -0.15) is 0 Å². The standard InChI is InChI=1S/C12H27NSi.Zr/c1-10(2,3)14(13,11(4,5)6)12(7,8)9;/h1-9H3;/q;+2. The van der Waals surface area contributed by atoms with Gasteiger partial charge in [-0.15, -0.1) is 0 Å². The van der Waals surface area contributed by atoms with Crippen LogP contribution in [0.4, 0.5) is 0 Å². The van der Waals surface area contributed by atoms with Crippen LogP contribution in [0.5, 0.6) is 0 Å². The average Bonchev–Trinajstić information content (AvgIpc) is 1.76. The van der Waals surface area contributed by atoms with Crippen LogP contribution < -0.4 is 0 Å². The normalized spacial score (nSPS) is 15.4. The summed E-state index contributed by atoms with van der Waals surface area (Å²) < 4.78 is 5.06. The summed E-state index contributed by atoms with van der Waals surface area (Å²) in [4.78, 5) is 0. The van der Waals surface area contributed by atoms with Gasteiger partial charge in [-0.25, -0.2) is 0 Å². The molecule has 0 amide bonds. The molecule has 0 fully saturated rings. The number of hydrogen-bond acceptors (Lipinski definition) is 1. The van der Waals surface area contributed by atoms with Gasteiger partial charge in [0.1, 0.15) is 0 Å². The molecule has 0 atom stereocenters. The zero-order valence-electron chi connectivity index (χ0n) is 11.9. The first-order valence-corrected chi connectivity index (χ1v) is 8.74. The summed E-state index contributed by atoms with van der Waals surface area (Å²) in [6, 6.07) is 0. The van der Waals surface area contributed by atoms with Crippen molar-refractivity contribution >= 4 is 8.24 Å². The molecule has 0 aromatic rings. The van der Waals surface area contributed by atoms with E-state index in [0.717, 1.165) is 0 Å². The van der Waals surface area contributed by atoms with Crippen LogP contribution in [0.3, 0.4) is 0 Å². The zero-order valence-corrected chi connectivity index (χ0v) is 15.4. The first kappa shape index (κ1) is 15.9. The maximum absolute atomic E-state index is 5.06. The molecule has 0 radical (unpaired) electrons. The molecule has 15 heavy (non-hydrogen) atoms. The van der Waals surface area contributed by atoms with Gasteiger partial charge in [-0.05, 0) is 0 Å². The Balaban J connectivity index is 5.89. The second-order valence-electron chi connectivity index (χ2n) is 7.57. The van der Waals surface area contributed by atoms with Crippen molar-refractivity contribution in [1.29, 1.82) is 0 Å². The quantitative estimate of drug-likeness (QED) is 0.600. The summed E-state index contributed by atoms with van der Waals surface area (Å²) in [6.07, 6.45) is 0. The van der Waals surface area contributed by atoms with E-state index in [-0.39, 0.29) is 0 Å². The van der Waals surface area contributed by atoms with Crippen LogP contribution in [-0.2, 0) is 24.6 Å². The Morgan fingerprint density at radius 1 is 0.667 bits per heavy atom. The maximum atomic E-state index is 5.06. The first-order valence-electron chi connectivity index (χ1n) is 5.70. The van der Waals surface area contributed by atoms with Crippen molar-refractivity contribution < 1.29 is 24.6 Å². The van der Waals surface area contributed by atoms with Crippen molar-refractivity contribution in [1.82, 2.24) is 0 Å². The van der Waals surface area contributed by atoms with E-state index in [4.69, 9.17) is 2.54 Å². The molecule has 0 aromatic heterocycles. The SMILES string of the molecule is CC(C)(C)[Si]([N]=[Zr+2])(C(C)(C)C)C(C)(C)C. The van der Waals surface area contributed by atoms with E-state index in [2.05, 4.69) is 62.3 Å². The van der Waals surface area contributed by atoms with Crippen molar-refractivity contribution in [3.8, 4) is 0 Å². The third-order valence-electron chi connectivity index (χ3n) is 3.42. The summed E-state index contributed by atoms with van der Waals surface area (Å²) in [5.41, 5.74) is 0. The summed E-state index contributed by atoms with van der Waals surface area (Å²) in [7, 11) is -1.71. The molecule has 0 aliphatic rings. The van der Waals surface area contributed by atoms with Crippen LogP contribution >= 0.6 is 0 Å². The molecule has 0 aliphatic heterocycles. The predicted octanol–water partition coefficient (Wildman–Crippen LogP) is 5.06. The Kier molecular flexibility index (Phi) is 4.55. The van der Waals surface area contributed by atoms with Crippen molar-refractivity contribution in [2.75, 3.05) is 0 Å². The third-order valence-corrected chi connectivity index (χ3v) is 12.7. The molecule has 1 nitrogen and oxygen atoms in total. The average molecular weight is 305 g/mol. The summed E-state index contributed by atoms with van der Waals surface area (Å²) >= 11 is 1.35. The van der Waals surface area contributed by atoms with Gasteiger partial charge >= 0.3 is 113 Å². The van der Waals surface area contributed by atoms with Crippen LogP contribution in [0.1, 0.15) is 62.3 Å². The molecular formula is C12H27NSiZr+2. The Bertz CT molecular complexity index is 204. The van der Waals surface area contributed by atoms with E-state index in [1.807, 2.05) is 0 Å². The fourth-order valence-corrected chi connectivity index (χ4v) is 19.1. The first-order chi connectivity index (χ1) is 6.31. The van der Waals surface area contributed by atoms with Crippen LogP contribution in [-0.4, -0.2) is 8.24 Å². The Labute approximate surface area is 112 Å². The predicted molar refractivity (Wildman–Crippen MR) is 67.3 cm³/mol. The van der Waals surface area contributed by atoms with Gasteiger partial charge in [0, 0.05) is 0 Å². The van der Waals surface area contributed by atoms with Crippen LogP contribution in [0.25, 0.3) is 0 Å². The second-order valence-corrected chi connectivity index (χ2v) is 15.4. The van der Waals surface area contributed by atoms with Gasteiger partial charge in [-0.1, -0.05) is 0 Å². The topological polar surface area (TPSA) is 12.4 Å². The summed E-state index contributed by atoms with van der Waals surface area (Å²) in [5.74, 6) is 0. The van der Waals surface area contributed by atoms with E-state index < -0.39 is 8.24 Å². The number of hydrogen-bond donors (Lipinski definition) is 0. The van der Waals surface area contributed by atoms with Gasteiger partial charge in [0.25, 0.3) is 0 Å². The van der Waals surface area contributed by atoms with Crippen molar-refractivity contribution in [3.05, 3.63) is 0 Å². The fourth-order valence-electron chi connectivity index (χ4n) is 3.88. The summed E-state index contributed by atoms with van der Waals surface area (Å²) in [5, 5.41) is 0.979. The van der Waals surface area contributed by atoms with E-state index in [1.54, 1.807) is 0 Å². The van der Waals surface area contributed by atoms with Gasteiger partial charge < -0.3 is 0 Å². The van der Waals surface area contributed by atoms with Crippen molar-refractivity contribution in [2.45, 2.75) is 77.4 Å². The van der Waals surface area contributed by atoms with E-state index >= 15 is 0 Å². The van der Waals surface area contributed by atoms with Crippen LogP contribution in [0.15, 0.2) is 2.54 Å². The third kappa shape index (κ3) is 2.60. The minimum atomic E-state index is -1.71. The molecule has 0 spiro atoms. The molecule has 0 aromatic carbocycles. The number of nitrogens with zero attached hydrogens (tertiary/aromatic N) is 1. The molecule has 0 saturated carbocycles. The number of rotatable bonds is 1. The van der Waals surface area contributed by atoms with Gasteiger partial charge in [-0.3, -0.25) is 0 Å². The van der Waals surface area contributed by atoms with Crippen LogP contribution in [0.2, 0.25) is 15.1 Å². The molecule has 0 bridgehead atoms. The fraction of sp³-hybridized carbons (Fsp3) is 1.00. The molecular weight excluding hydrogens is 277 g/mol. The minimum absolute atomic E-state index is 0.326. The molecule has 86 valence electrons. The van der Waals surface area contributed by atoms with E-state index in [9.17, 15) is 0 Å².